The summed E-state index contributed by atoms with van der Waals surface area (Å²) in [5, 5.41) is 11.5. The van der Waals surface area contributed by atoms with Crippen LogP contribution in [0.3, 0.4) is 0 Å². The fourth-order valence-corrected chi connectivity index (χ4v) is 0.602. The first kappa shape index (κ1) is 5.54. The molecule has 0 spiro atoms. The highest BCUT2D eigenvalue weighted by Gasteiger charge is 2.08. The van der Waals surface area contributed by atoms with Crippen molar-refractivity contribution in [2.45, 2.75) is 6.04 Å². The quantitative estimate of drug-likeness (QED) is 0.437. The van der Waals surface area contributed by atoms with E-state index in [-0.39, 0.29) is 12.6 Å². The van der Waals surface area contributed by atoms with Gasteiger partial charge in [0.25, 0.3) is 0 Å². The molecule has 0 aliphatic carbocycles. The highest BCUT2D eigenvalue weighted by molar-refractivity contribution is 5.04. The molecule has 1 aliphatic rings. The summed E-state index contributed by atoms with van der Waals surface area (Å²) in [5.74, 6) is 0. The second-order valence-electron chi connectivity index (χ2n) is 1.70. The zero-order valence-electron chi connectivity index (χ0n) is 4.54. The van der Waals surface area contributed by atoms with Crippen LogP contribution in [0.1, 0.15) is 0 Å². The lowest BCUT2D eigenvalue weighted by Crippen LogP contribution is -2.85. The SMILES string of the molecule is OC[C@@H]1C=CC=C[NH+]1. The Bertz CT molecular complexity index is 118. The third kappa shape index (κ3) is 1.18. The lowest BCUT2D eigenvalue weighted by Gasteiger charge is -1.99. The van der Waals surface area contributed by atoms with E-state index in [0.717, 1.165) is 0 Å². The van der Waals surface area contributed by atoms with Crippen molar-refractivity contribution in [1.29, 1.82) is 0 Å². The van der Waals surface area contributed by atoms with Gasteiger partial charge in [-0.3, -0.25) is 0 Å². The van der Waals surface area contributed by atoms with Gasteiger partial charge in [0.15, 0.2) is 6.04 Å². The van der Waals surface area contributed by atoms with E-state index in [1.807, 2.05) is 24.4 Å². The third-order valence-electron chi connectivity index (χ3n) is 1.06. The molecule has 0 unspecified atom stereocenters. The minimum atomic E-state index is 0.125. The van der Waals surface area contributed by atoms with Crippen LogP contribution in [0.5, 0.6) is 0 Å². The van der Waals surface area contributed by atoms with E-state index in [0.29, 0.717) is 0 Å². The minimum Gasteiger partial charge on any atom is -0.390 e. The molecule has 2 heteroatoms. The first-order chi connectivity index (χ1) is 3.93. The van der Waals surface area contributed by atoms with Gasteiger partial charge >= 0.3 is 0 Å². The summed E-state index contributed by atoms with van der Waals surface area (Å²) in [5.41, 5.74) is 0. The first-order valence-electron chi connectivity index (χ1n) is 2.64. The van der Waals surface area contributed by atoms with Gasteiger partial charge in [-0.1, -0.05) is 6.08 Å². The summed E-state index contributed by atoms with van der Waals surface area (Å²) in [6.45, 7) is 0.167. The van der Waals surface area contributed by atoms with Crippen molar-refractivity contribution in [3.8, 4) is 0 Å². The van der Waals surface area contributed by atoms with Crippen LogP contribution in [-0.2, 0) is 0 Å². The molecule has 0 amide bonds. The van der Waals surface area contributed by atoms with Gasteiger partial charge in [0, 0.05) is 0 Å². The summed E-state index contributed by atoms with van der Waals surface area (Å²) in [6.07, 6.45) is 7.55. The van der Waals surface area contributed by atoms with Gasteiger partial charge in [-0.25, -0.2) is 0 Å². The average Bonchev–Trinajstić information content (AvgIpc) is 1.90. The molecule has 0 aromatic carbocycles. The molecule has 43 valence electrons. The Morgan fingerprint density at radius 2 is 2.38 bits per heavy atom. The van der Waals surface area contributed by atoms with Gasteiger partial charge in [0.2, 0.25) is 0 Å². The highest BCUT2D eigenvalue weighted by atomic mass is 16.3. The van der Waals surface area contributed by atoms with Crippen molar-refractivity contribution in [2.24, 2.45) is 0 Å². The number of hydrogen-bond acceptors (Lipinski definition) is 2. The summed E-state index contributed by atoms with van der Waals surface area (Å²) >= 11 is 0. The van der Waals surface area contributed by atoms with Crippen LogP contribution >= 0.6 is 0 Å². The molecular formula is C6H9NO+. The molecule has 0 saturated heterocycles. The second kappa shape index (κ2) is 2.64. The Morgan fingerprint density at radius 3 is 2.75 bits per heavy atom. The molecule has 1 aliphatic heterocycles. The smallest absolute Gasteiger partial charge is 0.177 e. The molecular weight excluding hydrogens is 102 g/mol. The predicted octanol–water partition coefficient (Wildman–Crippen LogP) is -1.22. The first-order valence-corrected chi connectivity index (χ1v) is 2.64. The van der Waals surface area contributed by atoms with Crippen LogP contribution in [-0.4, -0.2) is 17.8 Å². The van der Waals surface area contributed by atoms with Gasteiger partial charge in [-0.2, -0.15) is 0 Å². The molecule has 1 radical (unpaired) electrons. The monoisotopic (exact) mass is 111 g/mol. The van der Waals surface area contributed by atoms with Crippen molar-refractivity contribution in [3.05, 3.63) is 24.4 Å². The van der Waals surface area contributed by atoms with Gasteiger partial charge in [-0.15, -0.1) is 5.32 Å². The summed E-state index contributed by atoms with van der Waals surface area (Å²) in [6, 6.07) is 0.125. The molecule has 2 nitrogen and oxygen atoms in total. The molecule has 0 aromatic rings. The van der Waals surface area contributed by atoms with Crippen molar-refractivity contribution in [1.82, 2.24) is 0 Å². The number of hydrogen-bond donors (Lipinski definition) is 2. The molecule has 0 bridgehead atoms. The number of nitrogens with one attached hydrogen (secondary N) is 1. The van der Waals surface area contributed by atoms with Gasteiger partial charge in [-0.05, 0) is 12.2 Å². The Morgan fingerprint density at radius 1 is 1.50 bits per heavy atom. The minimum absolute atomic E-state index is 0.125. The number of rotatable bonds is 1. The lowest BCUT2D eigenvalue weighted by molar-refractivity contribution is -0.618. The third-order valence-corrected chi connectivity index (χ3v) is 1.06. The maximum Gasteiger partial charge on any atom is 0.177 e. The Hall–Kier alpha value is -0.600. The van der Waals surface area contributed by atoms with E-state index in [4.69, 9.17) is 5.11 Å². The van der Waals surface area contributed by atoms with E-state index in [9.17, 15) is 0 Å². The van der Waals surface area contributed by atoms with Crippen molar-refractivity contribution < 1.29 is 10.4 Å². The van der Waals surface area contributed by atoms with E-state index < -0.39 is 0 Å². The fourth-order valence-electron chi connectivity index (χ4n) is 0.602. The maximum atomic E-state index is 8.54. The number of aliphatic hydroxyl groups excluding tert-OH is 1. The Balaban J connectivity index is 2.40. The predicted molar refractivity (Wildman–Crippen MR) is 30.1 cm³/mol. The average molecular weight is 111 g/mol. The maximum absolute atomic E-state index is 8.54. The van der Waals surface area contributed by atoms with Gasteiger partial charge in [0.1, 0.15) is 12.8 Å². The van der Waals surface area contributed by atoms with Gasteiger partial charge in [0.05, 0.1) is 0 Å². The van der Waals surface area contributed by atoms with Gasteiger partial charge < -0.3 is 5.11 Å². The number of allylic oxidation sites excluding steroid dienone is 2. The molecule has 1 atom stereocenters. The lowest BCUT2D eigenvalue weighted by atomic mass is 10.2. The number of aliphatic hydroxyl groups is 1. The molecule has 0 saturated carbocycles. The fraction of sp³-hybridized carbons (Fsp3) is 0.333. The second-order valence-corrected chi connectivity index (χ2v) is 1.70. The van der Waals surface area contributed by atoms with Crippen LogP contribution in [0.15, 0.2) is 24.4 Å². The normalized spacial score (nSPS) is 26.4. The van der Waals surface area contributed by atoms with Crippen LogP contribution in [0, 0.1) is 0 Å². The zero-order valence-corrected chi connectivity index (χ0v) is 4.54. The van der Waals surface area contributed by atoms with Crippen LogP contribution in [0.4, 0.5) is 0 Å². The molecule has 1 rings (SSSR count). The topological polar surface area (TPSA) is 35.8 Å². The summed E-state index contributed by atoms with van der Waals surface area (Å²) < 4.78 is 0. The van der Waals surface area contributed by atoms with E-state index in [1.54, 1.807) is 0 Å². The summed E-state index contributed by atoms with van der Waals surface area (Å²) in [4.78, 5) is 0. The van der Waals surface area contributed by atoms with Crippen LogP contribution in [0.25, 0.3) is 0 Å². The van der Waals surface area contributed by atoms with Crippen LogP contribution < -0.4 is 5.32 Å². The zero-order chi connectivity index (χ0) is 5.82. The molecule has 8 heavy (non-hydrogen) atoms. The van der Waals surface area contributed by atoms with Crippen LogP contribution in [0.2, 0.25) is 0 Å². The van der Waals surface area contributed by atoms with Crippen molar-refractivity contribution in [3.63, 3.8) is 0 Å². The van der Waals surface area contributed by atoms with E-state index in [2.05, 4.69) is 5.32 Å². The highest BCUT2D eigenvalue weighted by Crippen LogP contribution is 1.83. The largest absolute Gasteiger partial charge is 0.390 e. The Labute approximate surface area is 48.5 Å². The van der Waals surface area contributed by atoms with Crippen molar-refractivity contribution in [2.75, 3.05) is 6.61 Å². The van der Waals surface area contributed by atoms with E-state index in [1.165, 1.54) is 0 Å². The molecule has 1 heterocycles. The Kier molecular flexibility index (Phi) is 1.83. The van der Waals surface area contributed by atoms with E-state index >= 15 is 0 Å². The molecule has 2 N–H and O–H groups in total. The number of dihydropyridines is 1. The molecule has 0 aromatic heterocycles. The van der Waals surface area contributed by atoms with Crippen molar-refractivity contribution >= 4 is 0 Å². The standard InChI is InChI=1S/C6H9NO/c8-5-6-3-1-2-4-7-6/h1-4,6-8H,5H2/q+1/t6-/m0/s1. The summed E-state index contributed by atoms with van der Waals surface area (Å²) in [7, 11) is 0. The molecule has 0 fully saturated rings.